The van der Waals surface area contributed by atoms with Gasteiger partial charge in [0.15, 0.2) is 5.16 Å². The number of hydrogen-bond donors (Lipinski definition) is 2. The number of unbranched alkanes of at least 4 members (excludes halogenated alkanes) is 1. The summed E-state index contributed by atoms with van der Waals surface area (Å²) in [5.41, 5.74) is 2.52. The molecule has 2 N–H and O–H groups in total. The van der Waals surface area contributed by atoms with Crippen LogP contribution in [0.2, 0.25) is 0 Å². The molecule has 0 bridgehead atoms. The zero-order valence-electron chi connectivity index (χ0n) is 18.4. The maximum absolute atomic E-state index is 13.5. The van der Waals surface area contributed by atoms with Gasteiger partial charge in [0.1, 0.15) is 11.0 Å². The minimum absolute atomic E-state index is 0.0363. The van der Waals surface area contributed by atoms with Crippen LogP contribution in [0, 0.1) is 0 Å². The number of benzene rings is 2. The first kappa shape index (κ1) is 22.1. The molecule has 2 heterocycles. The number of carbonyl (C=O) groups is 1. The summed E-state index contributed by atoms with van der Waals surface area (Å²) < 4.78 is 1.59. The van der Waals surface area contributed by atoms with Gasteiger partial charge in [-0.25, -0.2) is 4.98 Å². The summed E-state index contributed by atoms with van der Waals surface area (Å²) in [6.07, 6.45) is 4.10. The molecule has 166 valence electrons. The minimum Gasteiger partial charge on any atom is -0.353 e. The predicted molar refractivity (Wildman–Crippen MR) is 132 cm³/mol. The van der Waals surface area contributed by atoms with E-state index in [1.807, 2.05) is 54.6 Å². The van der Waals surface area contributed by atoms with Crippen LogP contribution in [-0.4, -0.2) is 32.2 Å². The lowest BCUT2D eigenvalue weighted by atomic mass is 10.1. The zero-order chi connectivity index (χ0) is 22.5. The van der Waals surface area contributed by atoms with Crippen molar-refractivity contribution in [2.45, 2.75) is 50.7 Å². The number of H-pyrrole nitrogens is 1. The highest BCUT2D eigenvalue weighted by atomic mass is 32.2. The molecule has 2 aromatic heterocycles. The van der Waals surface area contributed by atoms with Crippen molar-refractivity contribution in [3.63, 3.8) is 0 Å². The van der Waals surface area contributed by atoms with Gasteiger partial charge < -0.3 is 10.3 Å². The number of nitrogens with zero attached hydrogens (tertiary/aromatic N) is 2. The highest BCUT2D eigenvalue weighted by molar-refractivity contribution is 7.99. The first-order valence-electron chi connectivity index (χ1n) is 11.1. The van der Waals surface area contributed by atoms with E-state index in [4.69, 9.17) is 4.98 Å². The molecule has 0 aliphatic rings. The van der Waals surface area contributed by atoms with Crippen molar-refractivity contribution >= 4 is 39.6 Å². The minimum atomic E-state index is -0.172. The van der Waals surface area contributed by atoms with Crippen molar-refractivity contribution < 1.29 is 4.79 Å². The van der Waals surface area contributed by atoms with Gasteiger partial charge in [-0.05, 0) is 31.0 Å². The molecule has 4 aromatic rings. The van der Waals surface area contributed by atoms with Gasteiger partial charge in [0, 0.05) is 16.9 Å². The predicted octanol–water partition coefficient (Wildman–Crippen LogP) is 5.04. The van der Waals surface area contributed by atoms with Crippen molar-refractivity contribution in [3.05, 3.63) is 65.0 Å². The molecule has 1 atom stereocenters. The zero-order valence-corrected chi connectivity index (χ0v) is 19.2. The Labute approximate surface area is 191 Å². The van der Waals surface area contributed by atoms with Gasteiger partial charge in [0.05, 0.1) is 11.4 Å². The van der Waals surface area contributed by atoms with E-state index in [0.717, 1.165) is 42.3 Å². The standard InChI is InChI=1S/C25H28N4O2S/c1-3-5-11-17(4-2)26-21(30)16-32-25-28-22-19-14-9-10-15-20(19)27-23(22)24(31)29(25)18-12-7-6-8-13-18/h6-10,12-15,17,27H,3-5,11,16H2,1-2H3,(H,26,30). The average molecular weight is 449 g/mol. The average Bonchev–Trinajstić information content (AvgIpc) is 3.20. The third kappa shape index (κ3) is 4.58. The van der Waals surface area contributed by atoms with E-state index in [9.17, 15) is 9.59 Å². The van der Waals surface area contributed by atoms with Crippen molar-refractivity contribution in [2.24, 2.45) is 0 Å². The van der Waals surface area contributed by atoms with Gasteiger partial charge in [0.2, 0.25) is 5.91 Å². The largest absolute Gasteiger partial charge is 0.353 e. The second-order valence-electron chi connectivity index (χ2n) is 7.87. The van der Waals surface area contributed by atoms with Crippen LogP contribution in [0.25, 0.3) is 27.6 Å². The van der Waals surface area contributed by atoms with Crippen molar-refractivity contribution in [1.82, 2.24) is 19.9 Å². The number of hydrogen-bond acceptors (Lipinski definition) is 4. The van der Waals surface area contributed by atoms with E-state index in [1.54, 1.807) is 4.57 Å². The molecule has 32 heavy (non-hydrogen) atoms. The fourth-order valence-corrected chi connectivity index (χ4v) is 4.69. The normalized spacial score (nSPS) is 12.3. The van der Waals surface area contributed by atoms with Gasteiger partial charge in [-0.2, -0.15) is 0 Å². The summed E-state index contributed by atoms with van der Waals surface area (Å²) in [7, 11) is 0. The van der Waals surface area contributed by atoms with Crippen LogP contribution in [-0.2, 0) is 4.79 Å². The van der Waals surface area contributed by atoms with Crippen molar-refractivity contribution in [1.29, 1.82) is 0 Å². The number of carbonyl (C=O) groups excluding carboxylic acids is 1. The summed E-state index contributed by atoms with van der Waals surface area (Å²) in [5.74, 6) is 0.168. The number of para-hydroxylation sites is 2. The molecular formula is C25H28N4O2S. The molecular weight excluding hydrogens is 420 g/mol. The van der Waals surface area contributed by atoms with E-state index < -0.39 is 0 Å². The van der Waals surface area contributed by atoms with E-state index in [2.05, 4.69) is 24.1 Å². The van der Waals surface area contributed by atoms with Crippen LogP contribution < -0.4 is 10.9 Å². The lowest BCUT2D eigenvalue weighted by Gasteiger charge is -2.17. The third-order valence-corrected chi connectivity index (χ3v) is 6.54. The number of amides is 1. The van der Waals surface area contributed by atoms with E-state index in [0.29, 0.717) is 16.2 Å². The Morgan fingerprint density at radius 3 is 2.62 bits per heavy atom. The van der Waals surface area contributed by atoms with Crippen LogP contribution in [0.1, 0.15) is 39.5 Å². The topological polar surface area (TPSA) is 79.8 Å². The summed E-state index contributed by atoms with van der Waals surface area (Å²) in [4.78, 5) is 34.2. The van der Waals surface area contributed by atoms with E-state index in [1.165, 1.54) is 11.8 Å². The first-order valence-corrected chi connectivity index (χ1v) is 12.1. The molecule has 4 rings (SSSR count). The second-order valence-corrected chi connectivity index (χ2v) is 8.81. The van der Waals surface area contributed by atoms with Crippen LogP contribution in [0.5, 0.6) is 0 Å². The third-order valence-electron chi connectivity index (χ3n) is 5.61. The maximum Gasteiger partial charge on any atom is 0.283 e. The van der Waals surface area contributed by atoms with Gasteiger partial charge >= 0.3 is 0 Å². The Bertz CT molecular complexity index is 1280. The molecule has 1 amide bonds. The molecule has 0 saturated carbocycles. The smallest absolute Gasteiger partial charge is 0.283 e. The Hall–Kier alpha value is -3.06. The molecule has 2 aromatic carbocycles. The Morgan fingerprint density at radius 2 is 1.88 bits per heavy atom. The first-order chi connectivity index (χ1) is 15.6. The summed E-state index contributed by atoms with van der Waals surface area (Å²) in [6.45, 7) is 4.24. The fourth-order valence-electron chi connectivity index (χ4n) is 3.87. The fraction of sp³-hybridized carbons (Fsp3) is 0.320. The number of nitrogens with one attached hydrogen (secondary N) is 2. The number of aromatic nitrogens is 3. The molecule has 0 spiro atoms. The summed E-state index contributed by atoms with van der Waals surface area (Å²) in [5, 5.41) is 4.54. The van der Waals surface area contributed by atoms with Crippen molar-refractivity contribution in [2.75, 3.05) is 5.75 Å². The Balaban J connectivity index is 1.70. The molecule has 0 radical (unpaired) electrons. The quantitative estimate of drug-likeness (QED) is 0.278. The number of rotatable bonds is 9. The molecule has 1 unspecified atom stereocenters. The molecule has 0 saturated heterocycles. The van der Waals surface area contributed by atoms with Crippen LogP contribution in [0.4, 0.5) is 0 Å². The molecule has 0 aliphatic heterocycles. The highest BCUT2D eigenvalue weighted by Gasteiger charge is 2.18. The molecule has 6 nitrogen and oxygen atoms in total. The molecule has 7 heteroatoms. The van der Waals surface area contributed by atoms with E-state index >= 15 is 0 Å². The van der Waals surface area contributed by atoms with Crippen LogP contribution >= 0.6 is 11.8 Å². The SMILES string of the molecule is CCCCC(CC)NC(=O)CSc1nc2c([nH]c3ccccc32)c(=O)n1-c1ccccc1. The Kier molecular flexibility index (Phi) is 6.95. The second kappa shape index (κ2) is 10.0. The highest BCUT2D eigenvalue weighted by Crippen LogP contribution is 2.26. The van der Waals surface area contributed by atoms with Crippen molar-refractivity contribution in [3.8, 4) is 5.69 Å². The van der Waals surface area contributed by atoms with Gasteiger partial charge in [-0.15, -0.1) is 0 Å². The summed E-state index contributed by atoms with van der Waals surface area (Å²) in [6, 6.07) is 17.4. The molecule has 0 fully saturated rings. The monoisotopic (exact) mass is 448 g/mol. The van der Waals surface area contributed by atoms with Crippen LogP contribution in [0.3, 0.4) is 0 Å². The van der Waals surface area contributed by atoms with E-state index in [-0.39, 0.29) is 23.3 Å². The lowest BCUT2D eigenvalue weighted by Crippen LogP contribution is -2.35. The van der Waals surface area contributed by atoms with Gasteiger partial charge in [-0.1, -0.05) is 74.8 Å². The van der Waals surface area contributed by atoms with Gasteiger partial charge in [-0.3, -0.25) is 14.2 Å². The lowest BCUT2D eigenvalue weighted by molar-refractivity contribution is -0.119. The number of fused-ring (bicyclic) bond motifs is 3. The van der Waals surface area contributed by atoms with Gasteiger partial charge in [0.25, 0.3) is 5.56 Å². The summed E-state index contributed by atoms with van der Waals surface area (Å²) >= 11 is 1.29. The molecule has 0 aliphatic carbocycles. The van der Waals surface area contributed by atoms with Crippen LogP contribution in [0.15, 0.2) is 64.5 Å². The maximum atomic E-state index is 13.5. The Morgan fingerprint density at radius 1 is 1.12 bits per heavy atom. The number of aromatic amines is 1. The number of thioether (sulfide) groups is 1.